The first-order chi connectivity index (χ1) is 8.40. The first kappa shape index (κ1) is 12.2. The normalized spacial score (nSPS) is 10.4. The molecule has 0 fully saturated rings. The molecule has 2 N–H and O–H groups in total. The van der Waals surface area contributed by atoms with Gasteiger partial charge in [0.05, 0.1) is 0 Å². The van der Waals surface area contributed by atoms with Crippen LogP contribution in [0.4, 0.5) is 0 Å². The van der Waals surface area contributed by atoms with Crippen LogP contribution in [0.1, 0.15) is 11.1 Å². The molecule has 0 heterocycles. The van der Waals surface area contributed by atoms with Crippen LogP contribution in [-0.4, -0.2) is 6.54 Å². The molecule has 0 unspecified atom stereocenters. The highest BCUT2D eigenvalue weighted by Gasteiger charge is 2.01. The van der Waals surface area contributed by atoms with E-state index in [0.29, 0.717) is 6.54 Å². The van der Waals surface area contributed by atoms with E-state index in [1.165, 1.54) is 16.0 Å². The van der Waals surface area contributed by atoms with Crippen LogP contribution in [0.25, 0.3) is 0 Å². The number of thioether (sulfide) groups is 1. The number of hydrogen-bond acceptors (Lipinski definition) is 2. The molecule has 0 aliphatic carbocycles. The van der Waals surface area contributed by atoms with Gasteiger partial charge in [-0.1, -0.05) is 42.5 Å². The molecule has 2 aromatic rings. The molecule has 88 valence electrons. The second kappa shape index (κ2) is 6.48. The average Bonchev–Trinajstić information content (AvgIpc) is 2.39. The Morgan fingerprint density at radius 3 is 2.18 bits per heavy atom. The third-order valence-electron chi connectivity index (χ3n) is 2.67. The minimum absolute atomic E-state index is 0.715. The standard InChI is InChI=1S/C15H17NS/c16-11-10-13-6-4-5-7-14(13)12-17-15-8-2-1-3-9-15/h1-9H,10-12,16H2. The van der Waals surface area contributed by atoms with Gasteiger partial charge in [-0.25, -0.2) is 0 Å². The first-order valence-corrected chi connectivity index (χ1v) is 6.83. The van der Waals surface area contributed by atoms with Gasteiger partial charge in [0.25, 0.3) is 0 Å². The van der Waals surface area contributed by atoms with Gasteiger partial charge in [-0.05, 0) is 36.2 Å². The molecular weight excluding hydrogens is 226 g/mol. The molecule has 0 saturated heterocycles. The van der Waals surface area contributed by atoms with Crippen LogP contribution in [0, 0.1) is 0 Å². The molecular formula is C15H17NS. The second-order valence-electron chi connectivity index (χ2n) is 3.91. The summed E-state index contributed by atoms with van der Waals surface area (Å²) in [6, 6.07) is 19.1. The maximum absolute atomic E-state index is 5.63. The van der Waals surface area contributed by atoms with Crippen LogP contribution in [0.15, 0.2) is 59.5 Å². The zero-order valence-electron chi connectivity index (χ0n) is 9.80. The van der Waals surface area contributed by atoms with Gasteiger partial charge in [0.1, 0.15) is 0 Å². The van der Waals surface area contributed by atoms with Gasteiger partial charge < -0.3 is 5.73 Å². The summed E-state index contributed by atoms with van der Waals surface area (Å²) in [4.78, 5) is 1.31. The van der Waals surface area contributed by atoms with E-state index in [2.05, 4.69) is 48.5 Å². The molecule has 0 bridgehead atoms. The number of rotatable bonds is 5. The minimum atomic E-state index is 0.715. The third-order valence-corrected chi connectivity index (χ3v) is 3.73. The summed E-state index contributed by atoms with van der Waals surface area (Å²) in [6.07, 6.45) is 0.964. The van der Waals surface area contributed by atoms with Crippen molar-refractivity contribution in [2.75, 3.05) is 6.54 Å². The van der Waals surface area contributed by atoms with E-state index in [4.69, 9.17) is 5.73 Å². The Morgan fingerprint density at radius 1 is 0.824 bits per heavy atom. The van der Waals surface area contributed by atoms with E-state index in [9.17, 15) is 0 Å². The van der Waals surface area contributed by atoms with E-state index < -0.39 is 0 Å². The van der Waals surface area contributed by atoms with E-state index in [0.717, 1.165) is 12.2 Å². The maximum Gasteiger partial charge on any atom is 0.0234 e. The quantitative estimate of drug-likeness (QED) is 0.814. The van der Waals surface area contributed by atoms with Crippen LogP contribution >= 0.6 is 11.8 Å². The second-order valence-corrected chi connectivity index (χ2v) is 4.96. The Hall–Kier alpha value is -1.25. The molecule has 1 nitrogen and oxygen atoms in total. The van der Waals surface area contributed by atoms with Gasteiger partial charge in [0.2, 0.25) is 0 Å². The van der Waals surface area contributed by atoms with Crippen LogP contribution < -0.4 is 5.73 Å². The summed E-state index contributed by atoms with van der Waals surface area (Å²) in [5.41, 5.74) is 8.40. The lowest BCUT2D eigenvalue weighted by Crippen LogP contribution is -2.04. The summed E-state index contributed by atoms with van der Waals surface area (Å²) in [7, 11) is 0. The van der Waals surface area contributed by atoms with Crippen molar-refractivity contribution in [3.63, 3.8) is 0 Å². The van der Waals surface area contributed by atoms with E-state index in [-0.39, 0.29) is 0 Å². The minimum Gasteiger partial charge on any atom is -0.330 e. The van der Waals surface area contributed by atoms with Crippen molar-refractivity contribution >= 4 is 11.8 Å². The van der Waals surface area contributed by atoms with Crippen molar-refractivity contribution < 1.29 is 0 Å². The molecule has 0 amide bonds. The Bertz CT molecular complexity index is 453. The van der Waals surface area contributed by atoms with Gasteiger partial charge in [-0.2, -0.15) is 0 Å². The molecule has 2 heteroatoms. The molecule has 0 spiro atoms. The first-order valence-electron chi connectivity index (χ1n) is 5.85. The lowest BCUT2D eigenvalue weighted by atomic mass is 10.1. The maximum atomic E-state index is 5.63. The zero-order valence-corrected chi connectivity index (χ0v) is 10.6. The third kappa shape index (κ3) is 3.62. The molecule has 0 aliphatic heterocycles. The van der Waals surface area contributed by atoms with Crippen LogP contribution in [0.3, 0.4) is 0 Å². The van der Waals surface area contributed by atoms with Crippen molar-refractivity contribution in [3.8, 4) is 0 Å². The summed E-state index contributed by atoms with van der Waals surface area (Å²) in [5, 5.41) is 0. The largest absolute Gasteiger partial charge is 0.330 e. The molecule has 0 saturated carbocycles. The fourth-order valence-electron chi connectivity index (χ4n) is 1.78. The highest BCUT2D eigenvalue weighted by Crippen LogP contribution is 2.24. The predicted molar refractivity (Wildman–Crippen MR) is 75.2 cm³/mol. The predicted octanol–water partition coefficient (Wildman–Crippen LogP) is 3.48. The van der Waals surface area contributed by atoms with E-state index in [1.54, 1.807) is 0 Å². The molecule has 0 aliphatic rings. The van der Waals surface area contributed by atoms with Crippen molar-refractivity contribution in [3.05, 3.63) is 65.7 Å². The number of nitrogens with two attached hydrogens (primary N) is 1. The number of benzene rings is 2. The van der Waals surface area contributed by atoms with E-state index >= 15 is 0 Å². The van der Waals surface area contributed by atoms with Gasteiger partial charge in [-0.15, -0.1) is 11.8 Å². The van der Waals surface area contributed by atoms with Crippen LogP contribution in [0.2, 0.25) is 0 Å². The van der Waals surface area contributed by atoms with Gasteiger partial charge in [0.15, 0.2) is 0 Å². The highest BCUT2D eigenvalue weighted by atomic mass is 32.2. The van der Waals surface area contributed by atoms with Gasteiger partial charge in [-0.3, -0.25) is 0 Å². The van der Waals surface area contributed by atoms with Crippen molar-refractivity contribution in [1.82, 2.24) is 0 Å². The topological polar surface area (TPSA) is 26.0 Å². The molecule has 0 radical (unpaired) electrons. The summed E-state index contributed by atoms with van der Waals surface area (Å²) >= 11 is 1.87. The Labute approximate surface area is 107 Å². The molecule has 0 aromatic heterocycles. The summed E-state index contributed by atoms with van der Waals surface area (Å²) in [5.74, 6) is 1.01. The highest BCUT2D eigenvalue weighted by molar-refractivity contribution is 7.98. The number of hydrogen-bond donors (Lipinski definition) is 1. The Balaban J connectivity index is 2.03. The zero-order chi connectivity index (χ0) is 11.9. The van der Waals surface area contributed by atoms with Crippen LogP contribution in [-0.2, 0) is 12.2 Å². The van der Waals surface area contributed by atoms with Crippen LogP contribution in [0.5, 0.6) is 0 Å². The Kier molecular flexibility index (Phi) is 4.65. The fraction of sp³-hybridized carbons (Fsp3) is 0.200. The van der Waals surface area contributed by atoms with E-state index in [1.807, 2.05) is 17.8 Å². The lowest BCUT2D eigenvalue weighted by molar-refractivity contribution is 0.956. The fourth-order valence-corrected chi connectivity index (χ4v) is 2.73. The van der Waals surface area contributed by atoms with Gasteiger partial charge >= 0.3 is 0 Å². The summed E-state index contributed by atoms with van der Waals surface area (Å²) < 4.78 is 0. The monoisotopic (exact) mass is 243 g/mol. The molecule has 2 rings (SSSR count). The smallest absolute Gasteiger partial charge is 0.0234 e. The van der Waals surface area contributed by atoms with Crippen molar-refractivity contribution in [1.29, 1.82) is 0 Å². The molecule has 2 aromatic carbocycles. The lowest BCUT2D eigenvalue weighted by Gasteiger charge is -2.08. The SMILES string of the molecule is NCCc1ccccc1CSc1ccccc1. The summed E-state index contributed by atoms with van der Waals surface area (Å²) in [6.45, 7) is 0.715. The van der Waals surface area contributed by atoms with Crippen molar-refractivity contribution in [2.24, 2.45) is 5.73 Å². The molecule has 17 heavy (non-hydrogen) atoms. The Morgan fingerprint density at radius 2 is 1.47 bits per heavy atom. The molecule has 0 atom stereocenters. The van der Waals surface area contributed by atoms with Crippen molar-refractivity contribution in [2.45, 2.75) is 17.1 Å². The average molecular weight is 243 g/mol. The van der Waals surface area contributed by atoms with Gasteiger partial charge in [0, 0.05) is 10.6 Å².